The van der Waals surface area contributed by atoms with Gasteiger partial charge < -0.3 is 18.9 Å². The van der Waals surface area contributed by atoms with Crippen LogP contribution in [0.15, 0.2) is 119 Å². The van der Waals surface area contributed by atoms with Gasteiger partial charge in [-0.05, 0) is 83.9 Å². The zero-order valence-electron chi connectivity index (χ0n) is 24.7. The van der Waals surface area contributed by atoms with Gasteiger partial charge >= 0.3 is 11.9 Å². The maximum Gasteiger partial charge on any atom is 0.330 e. The van der Waals surface area contributed by atoms with E-state index in [-0.39, 0.29) is 26.4 Å². The zero-order valence-corrected chi connectivity index (χ0v) is 27.9. The fourth-order valence-corrected chi connectivity index (χ4v) is 5.09. The van der Waals surface area contributed by atoms with Gasteiger partial charge in [-0.1, -0.05) is 80.8 Å². The monoisotopic (exact) mass is 738 g/mol. The van der Waals surface area contributed by atoms with Crippen molar-refractivity contribution < 1.29 is 28.5 Å². The Bertz CT molecular complexity index is 1700. The minimum absolute atomic E-state index is 0.152. The lowest BCUT2D eigenvalue weighted by Gasteiger charge is -2.08. The number of carbonyl (C=O) groups excluding carboxylic acids is 2. The molecule has 0 aliphatic rings. The third-order valence-electron chi connectivity index (χ3n) is 6.17. The average molecular weight is 740 g/mol. The highest BCUT2D eigenvalue weighted by Crippen LogP contribution is 2.34. The first-order valence-corrected chi connectivity index (χ1v) is 15.6. The molecule has 0 radical (unpaired) electrons. The van der Waals surface area contributed by atoms with Crippen molar-refractivity contribution in [2.45, 2.75) is 0 Å². The molecular formula is C38H28Br2O6. The second kappa shape index (κ2) is 17.5. The summed E-state index contributed by atoms with van der Waals surface area (Å²) in [6, 6.07) is 26.8. The summed E-state index contributed by atoms with van der Waals surface area (Å²) in [6.07, 6.45) is 2.23. The van der Waals surface area contributed by atoms with Crippen LogP contribution in [0.4, 0.5) is 0 Å². The first kappa shape index (κ1) is 33.9. The molecule has 4 aromatic rings. The molecule has 0 aliphatic carbocycles. The molecule has 0 spiro atoms. The number of halogens is 2. The van der Waals surface area contributed by atoms with E-state index in [4.69, 9.17) is 18.9 Å². The summed E-state index contributed by atoms with van der Waals surface area (Å²) >= 11 is 7.41. The summed E-state index contributed by atoms with van der Waals surface area (Å²) in [5, 5.41) is 0. The van der Waals surface area contributed by atoms with Crippen LogP contribution in [-0.2, 0) is 19.1 Å². The molecular weight excluding hydrogens is 712 g/mol. The molecule has 4 aromatic carbocycles. The number of carbonyl (C=O) groups is 2. The SMILES string of the molecule is C=CC(=O)OCCOc1ccc(C#Cc2ccc(-c3ccc(C#Cc4ccc(OCCOC(=O)C=C)cc4)cc3Br)c(Br)c2)cc1. The van der Waals surface area contributed by atoms with Gasteiger partial charge in [0, 0.05) is 43.4 Å². The average Bonchev–Trinajstić information content (AvgIpc) is 3.08. The molecule has 0 amide bonds. The topological polar surface area (TPSA) is 71.1 Å². The van der Waals surface area contributed by atoms with Crippen molar-refractivity contribution in [3.05, 3.63) is 141 Å². The second-order valence-electron chi connectivity index (χ2n) is 9.38. The Balaban J connectivity index is 1.34. The minimum atomic E-state index is -0.475. The highest BCUT2D eigenvalue weighted by atomic mass is 79.9. The molecule has 0 aromatic heterocycles. The Morgan fingerprint density at radius 2 is 0.891 bits per heavy atom. The van der Waals surface area contributed by atoms with Crippen LogP contribution in [0.3, 0.4) is 0 Å². The molecule has 230 valence electrons. The van der Waals surface area contributed by atoms with Crippen LogP contribution in [0.25, 0.3) is 11.1 Å². The third-order valence-corrected chi connectivity index (χ3v) is 7.48. The summed E-state index contributed by atoms with van der Waals surface area (Å²) in [6.45, 7) is 7.52. The fraction of sp³-hybridized carbons (Fsp3) is 0.105. The van der Waals surface area contributed by atoms with E-state index >= 15 is 0 Å². The van der Waals surface area contributed by atoms with Gasteiger partial charge in [-0.2, -0.15) is 0 Å². The van der Waals surface area contributed by atoms with E-state index in [1.807, 2.05) is 84.9 Å². The van der Waals surface area contributed by atoms with E-state index in [1.54, 1.807) is 0 Å². The van der Waals surface area contributed by atoms with Crippen LogP contribution in [0.5, 0.6) is 11.5 Å². The van der Waals surface area contributed by atoms with Crippen LogP contribution in [0.2, 0.25) is 0 Å². The quantitative estimate of drug-likeness (QED) is 0.0675. The number of esters is 2. The summed E-state index contributed by atoms with van der Waals surface area (Å²) in [5.74, 6) is 13.1. The molecule has 6 nitrogen and oxygen atoms in total. The fourth-order valence-electron chi connectivity index (χ4n) is 3.90. The molecule has 0 fully saturated rings. The number of rotatable bonds is 11. The van der Waals surface area contributed by atoms with Crippen molar-refractivity contribution in [3.63, 3.8) is 0 Å². The normalized spacial score (nSPS) is 9.87. The molecule has 0 unspecified atom stereocenters. The van der Waals surface area contributed by atoms with Crippen molar-refractivity contribution in [2.75, 3.05) is 26.4 Å². The molecule has 46 heavy (non-hydrogen) atoms. The van der Waals surface area contributed by atoms with E-state index < -0.39 is 11.9 Å². The van der Waals surface area contributed by atoms with Crippen molar-refractivity contribution >= 4 is 43.8 Å². The highest BCUT2D eigenvalue weighted by molar-refractivity contribution is 9.11. The number of ether oxygens (including phenoxy) is 4. The van der Waals surface area contributed by atoms with Gasteiger partial charge in [-0.25, -0.2) is 9.59 Å². The molecule has 4 rings (SSSR count). The summed E-state index contributed by atoms with van der Waals surface area (Å²) in [4.78, 5) is 22.2. The van der Waals surface area contributed by atoms with E-state index in [0.717, 1.165) is 54.5 Å². The van der Waals surface area contributed by atoms with E-state index in [2.05, 4.69) is 68.7 Å². The Labute approximate surface area is 285 Å². The maximum atomic E-state index is 11.1. The van der Waals surface area contributed by atoms with Crippen molar-refractivity contribution in [1.82, 2.24) is 0 Å². The first-order valence-electron chi connectivity index (χ1n) is 14.0. The minimum Gasteiger partial charge on any atom is -0.490 e. The lowest BCUT2D eigenvalue weighted by molar-refractivity contribution is -0.139. The van der Waals surface area contributed by atoms with Gasteiger partial charge in [0.05, 0.1) is 0 Å². The van der Waals surface area contributed by atoms with Crippen LogP contribution in [0, 0.1) is 23.7 Å². The summed E-state index contributed by atoms with van der Waals surface area (Å²) < 4.78 is 22.8. The maximum absolute atomic E-state index is 11.1. The Hall–Kier alpha value is -5.02. The smallest absolute Gasteiger partial charge is 0.330 e. The standard InChI is InChI=1S/C38H28Br2O6/c1-3-37(41)45-23-21-43-31-15-9-27(10-16-31)5-7-29-13-19-33(35(39)25-29)34-20-14-30(26-36(34)40)8-6-28-11-17-32(18-12-28)44-22-24-46-38(42)4-2/h3-4,9-20,25-26H,1-2,21-24H2. The zero-order chi connectivity index (χ0) is 32.7. The Morgan fingerprint density at radius 1 is 0.543 bits per heavy atom. The number of benzene rings is 4. The van der Waals surface area contributed by atoms with Gasteiger partial charge in [0.1, 0.15) is 37.9 Å². The predicted molar refractivity (Wildman–Crippen MR) is 185 cm³/mol. The van der Waals surface area contributed by atoms with Crippen LogP contribution >= 0.6 is 31.9 Å². The number of hydrogen-bond donors (Lipinski definition) is 0. The molecule has 0 bridgehead atoms. The largest absolute Gasteiger partial charge is 0.490 e. The number of hydrogen-bond acceptors (Lipinski definition) is 6. The van der Waals surface area contributed by atoms with Gasteiger partial charge in [-0.15, -0.1) is 0 Å². The van der Waals surface area contributed by atoms with Crippen molar-refractivity contribution in [1.29, 1.82) is 0 Å². The Kier molecular flexibility index (Phi) is 12.9. The molecule has 0 aliphatic heterocycles. The third kappa shape index (κ3) is 10.6. The van der Waals surface area contributed by atoms with E-state index in [1.165, 1.54) is 0 Å². The van der Waals surface area contributed by atoms with Gasteiger partial charge in [0.2, 0.25) is 0 Å². The summed E-state index contributed by atoms with van der Waals surface area (Å²) in [5.41, 5.74) is 5.47. The predicted octanol–water partition coefficient (Wildman–Crippen LogP) is 7.89. The second-order valence-corrected chi connectivity index (χ2v) is 11.1. The molecule has 0 N–H and O–H groups in total. The van der Waals surface area contributed by atoms with Gasteiger partial charge in [0.15, 0.2) is 0 Å². The van der Waals surface area contributed by atoms with Crippen LogP contribution in [-0.4, -0.2) is 38.4 Å². The molecule has 0 atom stereocenters. The summed E-state index contributed by atoms with van der Waals surface area (Å²) in [7, 11) is 0. The molecule has 0 saturated carbocycles. The highest BCUT2D eigenvalue weighted by Gasteiger charge is 2.08. The van der Waals surface area contributed by atoms with Crippen LogP contribution in [0.1, 0.15) is 22.3 Å². The Morgan fingerprint density at radius 3 is 1.24 bits per heavy atom. The molecule has 0 heterocycles. The van der Waals surface area contributed by atoms with E-state index in [0.29, 0.717) is 11.5 Å². The lowest BCUT2D eigenvalue weighted by atomic mass is 10.0. The van der Waals surface area contributed by atoms with Crippen LogP contribution < -0.4 is 9.47 Å². The van der Waals surface area contributed by atoms with Crippen molar-refractivity contribution in [2.24, 2.45) is 0 Å². The first-order chi connectivity index (χ1) is 22.3. The molecule has 0 saturated heterocycles. The molecule has 8 heteroatoms. The van der Waals surface area contributed by atoms with E-state index in [9.17, 15) is 9.59 Å². The lowest BCUT2D eigenvalue weighted by Crippen LogP contribution is -2.10. The van der Waals surface area contributed by atoms with Gasteiger partial charge in [0.25, 0.3) is 0 Å². The van der Waals surface area contributed by atoms with Gasteiger partial charge in [-0.3, -0.25) is 0 Å². The van der Waals surface area contributed by atoms with Crippen molar-refractivity contribution in [3.8, 4) is 46.3 Å².